The minimum absolute atomic E-state index is 0.00670. The van der Waals surface area contributed by atoms with Crippen molar-refractivity contribution in [3.05, 3.63) is 82.8 Å². The molecule has 1 atom stereocenters. The van der Waals surface area contributed by atoms with Gasteiger partial charge in [0.15, 0.2) is 5.82 Å². The summed E-state index contributed by atoms with van der Waals surface area (Å²) in [6.07, 6.45) is 0. The average molecular weight is 347 g/mol. The monoisotopic (exact) mass is 347 g/mol. The molecule has 1 amide bonds. The summed E-state index contributed by atoms with van der Waals surface area (Å²) in [7, 11) is 0. The molecule has 1 N–H and O–H groups in total. The van der Waals surface area contributed by atoms with Gasteiger partial charge in [-0.25, -0.2) is 13.2 Å². The van der Waals surface area contributed by atoms with Gasteiger partial charge in [0.05, 0.1) is 5.56 Å². The number of carbonyl (C=O) groups is 1. The van der Waals surface area contributed by atoms with Gasteiger partial charge in [0.25, 0.3) is 5.91 Å². The van der Waals surface area contributed by atoms with Crippen molar-refractivity contribution in [1.82, 2.24) is 15.5 Å². The maximum atomic E-state index is 14.2. The first-order chi connectivity index (χ1) is 12.0. The Morgan fingerprint density at radius 3 is 2.56 bits per heavy atom. The van der Waals surface area contributed by atoms with Crippen LogP contribution in [0.5, 0.6) is 0 Å². The number of nitrogens with zero attached hydrogens (tertiary/aromatic N) is 2. The Hall–Kier alpha value is -3.16. The van der Waals surface area contributed by atoms with E-state index in [2.05, 4.69) is 15.5 Å². The molecule has 0 fully saturated rings. The smallest absolute Gasteiger partial charge is 0.255 e. The number of amides is 1. The number of halogens is 3. The molecular formula is C17H12F3N3O2. The van der Waals surface area contributed by atoms with Gasteiger partial charge in [-0.1, -0.05) is 23.4 Å². The number of carbonyl (C=O) groups excluding carboxylic acids is 1. The zero-order valence-corrected chi connectivity index (χ0v) is 13.0. The molecule has 0 aliphatic carbocycles. The van der Waals surface area contributed by atoms with Crippen molar-refractivity contribution in [1.29, 1.82) is 0 Å². The highest BCUT2D eigenvalue weighted by atomic mass is 19.1. The lowest BCUT2D eigenvalue weighted by molar-refractivity contribution is 0.0936. The zero-order chi connectivity index (χ0) is 18.0. The van der Waals surface area contributed by atoms with Crippen molar-refractivity contribution in [3.63, 3.8) is 0 Å². The van der Waals surface area contributed by atoms with E-state index in [1.165, 1.54) is 25.1 Å². The fraction of sp³-hybridized carbons (Fsp3) is 0.118. The van der Waals surface area contributed by atoms with Crippen LogP contribution in [0.15, 0.2) is 47.0 Å². The SMILES string of the molecule is Cc1nc(C(NC(=O)c2cc(F)ccc2F)c2ccccc2F)no1. The molecule has 3 rings (SSSR count). The number of nitrogens with one attached hydrogen (secondary N) is 1. The van der Waals surface area contributed by atoms with Gasteiger partial charge < -0.3 is 9.84 Å². The summed E-state index contributed by atoms with van der Waals surface area (Å²) in [5.41, 5.74) is -0.449. The van der Waals surface area contributed by atoms with Crippen LogP contribution in [-0.2, 0) is 0 Å². The van der Waals surface area contributed by atoms with Crippen LogP contribution in [0.1, 0.15) is 33.7 Å². The number of rotatable bonds is 4. The van der Waals surface area contributed by atoms with Crippen LogP contribution in [0, 0.1) is 24.4 Å². The molecule has 3 aromatic rings. The quantitative estimate of drug-likeness (QED) is 0.786. The lowest BCUT2D eigenvalue weighted by Gasteiger charge is -2.17. The second kappa shape index (κ2) is 6.76. The van der Waals surface area contributed by atoms with E-state index in [4.69, 9.17) is 4.52 Å². The van der Waals surface area contributed by atoms with E-state index >= 15 is 0 Å². The van der Waals surface area contributed by atoms with E-state index in [9.17, 15) is 18.0 Å². The number of hydrogen-bond acceptors (Lipinski definition) is 4. The van der Waals surface area contributed by atoms with Crippen LogP contribution >= 0.6 is 0 Å². The Kier molecular flexibility index (Phi) is 4.51. The van der Waals surface area contributed by atoms with Gasteiger partial charge in [-0.2, -0.15) is 4.98 Å². The Morgan fingerprint density at radius 2 is 1.88 bits per heavy atom. The van der Waals surface area contributed by atoms with Crippen molar-refractivity contribution >= 4 is 5.91 Å². The molecule has 0 saturated heterocycles. The zero-order valence-electron chi connectivity index (χ0n) is 13.0. The van der Waals surface area contributed by atoms with Crippen molar-refractivity contribution in [2.75, 3.05) is 0 Å². The molecule has 1 heterocycles. The van der Waals surface area contributed by atoms with Gasteiger partial charge in [0.2, 0.25) is 5.89 Å². The maximum Gasteiger partial charge on any atom is 0.255 e. The van der Waals surface area contributed by atoms with Crippen molar-refractivity contribution in [3.8, 4) is 0 Å². The van der Waals surface area contributed by atoms with E-state index in [0.717, 1.165) is 18.2 Å². The molecule has 25 heavy (non-hydrogen) atoms. The Labute approximate surface area is 140 Å². The number of aromatic nitrogens is 2. The van der Waals surface area contributed by atoms with Gasteiger partial charge in [-0.3, -0.25) is 4.79 Å². The second-order valence-corrected chi connectivity index (χ2v) is 5.22. The van der Waals surface area contributed by atoms with Crippen LogP contribution in [0.25, 0.3) is 0 Å². The summed E-state index contributed by atoms with van der Waals surface area (Å²) < 4.78 is 46.1. The van der Waals surface area contributed by atoms with Crippen LogP contribution in [0.3, 0.4) is 0 Å². The fourth-order valence-corrected chi connectivity index (χ4v) is 2.30. The topological polar surface area (TPSA) is 68.0 Å². The highest BCUT2D eigenvalue weighted by Crippen LogP contribution is 2.23. The lowest BCUT2D eigenvalue weighted by atomic mass is 10.0. The molecule has 0 saturated carbocycles. The van der Waals surface area contributed by atoms with E-state index in [-0.39, 0.29) is 17.3 Å². The van der Waals surface area contributed by atoms with Gasteiger partial charge in [-0.05, 0) is 24.3 Å². The highest BCUT2D eigenvalue weighted by Gasteiger charge is 2.26. The number of aryl methyl sites for hydroxylation is 1. The first-order valence-corrected chi connectivity index (χ1v) is 7.26. The van der Waals surface area contributed by atoms with E-state index in [1.807, 2.05) is 0 Å². The fourth-order valence-electron chi connectivity index (χ4n) is 2.30. The number of benzene rings is 2. The molecule has 8 heteroatoms. The van der Waals surface area contributed by atoms with E-state index in [0.29, 0.717) is 0 Å². The van der Waals surface area contributed by atoms with Crippen LogP contribution in [-0.4, -0.2) is 16.0 Å². The molecule has 0 spiro atoms. The van der Waals surface area contributed by atoms with Crippen molar-refractivity contribution in [2.24, 2.45) is 0 Å². The first kappa shape index (κ1) is 16.7. The molecule has 0 bridgehead atoms. The third-order valence-electron chi connectivity index (χ3n) is 3.47. The minimum atomic E-state index is -1.13. The predicted octanol–water partition coefficient (Wildman–Crippen LogP) is 3.31. The van der Waals surface area contributed by atoms with Gasteiger partial charge in [0, 0.05) is 12.5 Å². The third-order valence-corrected chi connectivity index (χ3v) is 3.47. The summed E-state index contributed by atoms with van der Waals surface area (Å²) in [6.45, 7) is 1.53. The van der Waals surface area contributed by atoms with Gasteiger partial charge in [0.1, 0.15) is 23.5 Å². The highest BCUT2D eigenvalue weighted by molar-refractivity contribution is 5.94. The van der Waals surface area contributed by atoms with Crippen molar-refractivity contribution in [2.45, 2.75) is 13.0 Å². The van der Waals surface area contributed by atoms with E-state index in [1.54, 1.807) is 6.07 Å². The first-order valence-electron chi connectivity index (χ1n) is 7.26. The normalized spacial score (nSPS) is 12.0. The molecule has 2 aromatic carbocycles. The number of hydrogen-bond donors (Lipinski definition) is 1. The summed E-state index contributed by atoms with van der Waals surface area (Å²) >= 11 is 0. The molecule has 1 aromatic heterocycles. The van der Waals surface area contributed by atoms with Crippen LogP contribution in [0.2, 0.25) is 0 Å². The molecule has 0 aliphatic heterocycles. The van der Waals surface area contributed by atoms with Crippen LogP contribution < -0.4 is 5.32 Å². The molecule has 128 valence electrons. The molecule has 0 aliphatic rings. The largest absolute Gasteiger partial charge is 0.340 e. The predicted molar refractivity (Wildman–Crippen MR) is 81.1 cm³/mol. The van der Waals surface area contributed by atoms with Crippen LogP contribution in [0.4, 0.5) is 13.2 Å². The lowest BCUT2D eigenvalue weighted by Crippen LogP contribution is -2.31. The Balaban J connectivity index is 1.99. The second-order valence-electron chi connectivity index (χ2n) is 5.22. The average Bonchev–Trinajstić information content (AvgIpc) is 3.01. The molecule has 0 radical (unpaired) electrons. The summed E-state index contributed by atoms with van der Waals surface area (Å²) in [5.74, 6) is -3.03. The molecule has 5 nitrogen and oxygen atoms in total. The molecular weight excluding hydrogens is 335 g/mol. The Morgan fingerprint density at radius 1 is 1.12 bits per heavy atom. The van der Waals surface area contributed by atoms with Gasteiger partial charge in [-0.15, -0.1) is 0 Å². The van der Waals surface area contributed by atoms with E-state index < -0.39 is 35.0 Å². The molecule has 1 unspecified atom stereocenters. The maximum absolute atomic E-state index is 14.2. The van der Waals surface area contributed by atoms with Crippen molar-refractivity contribution < 1.29 is 22.5 Å². The standard InChI is InChI=1S/C17H12F3N3O2/c1-9-21-16(23-25-9)15(11-4-2-3-5-13(11)19)22-17(24)12-8-10(18)6-7-14(12)20/h2-8,15H,1H3,(H,22,24). The Bertz CT molecular complexity index is 927. The minimum Gasteiger partial charge on any atom is -0.340 e. The van der Waals surface area contributed by atoms with Gasteiger partial charge >= 0.3 is 0 Å². The summed E-state index contributed by atoms with van der Waals surface area (Å²) in [4.78, 5) is 16.4. The summed E-state index contributed by atoms with van der Waals surface area (Å²) in [5, 5.41) is 6.10. The summed E-state index contributed by atoms with van der Waals surface area (Å²) in [6, 6.07) is 7.01. The third kappa shape index (κ3) is 3.52.